The Morgan fingerprint density at radius 3 is 2.52 bits per heavy atom. The fourth-order valence-electron chi connectivity index (χ4n) is 2.58. The van der Waals surface area contributed by atoms with Crippen molar-refractivity contribution in [1.29, 1.82) is 0 Å². The Kier molecular flexibility index (Phi) is 6.47. The minimum atomic E-state index is -1.16. The fourth-order valence-corrected chi connectivity index (χ4v) is 2.58. The Hall–Kier alpha value is -3.43. The van der Waals surface area contributed by atoms with E-state index in [1.54, 1.807) is 0 Å². The molecule has 0 spiro atoms. The van der Waals surface area contributed by atoms with E-state index in [1.807, 2.05) is 0 Å². The maximum atomic E-state index is 12.1. The molecule has 27 heavy (non-hydrogen) atoms. The first kappa shape index (κ1) is 19.9. The SMILES string of the molecule is [N-]=[N+]=C(C(=O)C[C@H]1NC(=O)[C@@H]1CCO)C(=O)OCc1ccc([N+](=O)[O-])cc1. The number of benzene rings is 1. The molecule has 1 aliphatic rings. The number of esters is 1. The van der Waals surface area contributed by atoms with E-state index in [0.717, 1.165) is 0 Å². The van der Waals surface area contributed by atoms with Crippen molar-refractivity contribution in [2.75, 3.05) is 6.61 Å². The third-order valence-electron chi connectivity index (χ3n) is 4.07. The second kappa shape index (κ2) is 8.79. The summed E-state index contributed by atoms with van der Waals surface area (Å²) in [5.41, 5.74) is 8.44. The molecule has 11 heteroatoms. The molecule has 1 saturated heterocycles. The van der Waals surface area contributed by atoms with Crippen LogP contribution < -0.4 is 5.32 Å². The molecule has 0 unspecified atom stereocenters. The van der Waals surface area contributed by atoms with Gasteiger partial charge in [-0.05, 0) is 24.1 Å². The summed E-state index contributed by atoms with van der Waals surface area (Å²) in [4.78, 5) is 48.1. The minimum Gasteiger partial charge on any atom is -0.452 e. The van der Waals surface area contributed by atoms with Crippen molar-refractivity contribution < 1.29 is 33.9 Å². The molecule has 1 aromatic carbocycles. The van der Waals surface area contributed by atoms with E-state index < -0.39 is 34.3 Å². The van der Waals surface area contributed by atoms with Gasteiger partial charge in [0.1, 0.15) is 6.61 Å². The van der Waals surface area contributed by atoms with Gasteiger partial charge >= 0.3 is 11.7 Å². The molecule has 2 atom stereocenters. The number of nitrogens with zero attached hydrogens (tertiary/aromatic N) is 3. The van der Waals surface area contributed by atoms with Gasteiger partial charge in [-0.15, -0.1) is 0 Å². The van der Waals surface area contributed by atoms with E-state index in [9.17, 15) is 24.5 Å². The van der Waals surface area contributed by atoms with Gasteiger partial charge in [0.25, 0.3) is 11.5 Å². The molecular weight excluding hydrogens is 360 g/mol. The lowest BCUT2D eigenvalue weighted by molar-refractivity contribution is -0.384. The number of aliphatic hydroxyl groups excluding tert-OH is 1. The van der Waals surface area contributed by atoms with Crippen molar-refractivity contribution in [2.45, 2.75) is 25.5 Å². The first-order chi connectivity index (χ1) is 12.9. The number of carbonyl (C=O) groups is 3. The smallest absolute Gasteiger partial charge is 0.441 e. The van der Waals surface area contributed by atoms with Gasteiger partial charge in [-0.2, -0.15) is 4.79 Å². The van der Waals surface area contributed by atoms with Crippen molar-refractivity contribution in [2.24, 2.45) is 5.92 Å². The van der Waals surface area contributed by atoms with Gasteiger partial charge in [0.05, 0.1) is 10.8 Å². The maximum Gasteiger partial charge on any atom is 0.441 e. The summed E-state index contributed by atoms with van der Waals surface area (Å²) < 4.78 is 4.88. The van der Waals surface area contributed by atoms with E-state index in [2.05, 4.69) is 10.1 Å². The number of nitro benzene ring substituents is 1. The number of β-lactam (4-membered cyclic amide) rings is 1. The molecule has 1 aliphatic heterocycles. The van der Waals surface area contributed by atoms with Crippen LogP contribution in [0.4, 0.5) is 5.69 Å². The maximum absolute atomic E-state index is 12.1. The Labute approximate surface area is 152 Å². The number of aliphatic hydroxyl groups is 1. The molecule has 142 valence electrons. The van der Waals surface area contributed by atoms with Crippen LogP contribution in [0.3, 0.4) is 0 Å². The normalized spacial score (nSPS) is 17.9. The van der Waals surface area contributed by atoms with Gasteiger partial charge in [-0.3, -0.25) is 19.7 Å². The van der Waals surface area contributed by atoms with E-state index in [-0.39, 0.29) is 37.6 Å². The molecule has 1 amide bonds. The van der Waals surface area contributed by atoms with Crippen LogP contribution in [-0.2, 0) is 25.7 Å². The quantitative estimate of drug-likeness (QED) is 0.0874. The average Bonchev–Trinajstić information content (AvgIpc) is 2.65. The van der Waals surface area contributed by atoms with Gasteiger partial charge in [0.2, 0.25) is 5.91 Å². The number of nitrogens with one attached hydrogen (secondary N) is 1. The van der Waals surface area contributed by atoms with Gasteiger partial charge in [-0.25, -0.2) is 4.79 Å². The zero-order valence-corrected chi connectivity index (χ0v) is 14.0. The van der Waals surface area contributed by atoms with Crippen LogP contribution in [0.25, 0.3) is 5.53 Å². The minimum absolute atomic E-state index is 0.127. The van der Waals surface area contributed by atoms with E-state index in [1.165, 1.54) is 24.3 Å². The molecule has 2 rings (SSSR count). The standard InChI is InChI=1S/C16H16N4O7/c17-19-14(13(22)7-12-11(5-6-21)15(23)18-12)16(24)27-8-9-1-3-10(4-2-9)20(25)26/h1-4,11-12,21H,5-8H2,(H,18,23)/t11-,12-/m1/s1. The number of ether oxygens (including phenoxy) is 1. The number of nitro groups is 1. The van der Waals surface area contributed by atoms with Crippen LogP contribution in [0, 0.1) is 16.0 Å². The molecule has 11 nitrogen and oxygen atoms in total. The van der Waals surface area contributed by atoms with Gasteiger partial charge in [-0.1, -0.05) is 0 Å². The number of Topliss-reactive ketones (excluding diaryl/α,β-unsaturated/α-hetero) is 1. The Morgan fingerprint density at radius 1 is 1.33 bits per heavy atom. The molecule has 1 heterocycles. The predicted molar refractivity (Wildman–Crippen MR) is 88.3 cm³/mol. The number of carbonyl (C=O) groups excluding carboxylic acids is 3. The average molecular weight is 376 g/mol. The molecule has 1 fully saturated rings. The third kappa shape index (κ3) is 4.81. The van der Waals surface area contributed by atoms with Crippen molar-refractivity contribution in [1.82, 2.24) is 5.32 Å². The summed E-state index contributed by atoms with van der Waals surface area (Å²) in [7, 11) is 0. The molecule has 0 aromatic heterocycles. The van der Waals surface area contributed by atoms with Crippen LogP contribution in [0.2, 0.25) is 0 Å². The largest absolute Gasteiger partial charge is 0.452 e. The Balaban J connectivity index is 1.91. The van der Waals surface area contributed by atoms with Crippen molar-refractivity contribution >= 4 is 29.1 Å². The number of hydrogen-bond acceptors (Lipinski definition) is 7. The van der Waals surface area contributed by atoms with Crippen molar-refractivity contribution in [3.8, 4) is 0 Å². The van der Waals surface area contributed by atoms with Crippen LogP contribution in [0.15, 0.2) is 24.3 Å². The number of ketones is 1. The topological polar surface area (TPSA) is 172 Å². The van der Waals surface area contributed by atoms with E-state index in [4.69, 9.17) is 15.4 Å². The molecule has 2 N–H and O–H groups in total. The summed E-state index contributed by atoms with van der Waals surface area (Å²) >= 11 is 0. The first-order valence-corrected chi connectivity index (χ1v) is 7.94. The zero-order chi connectivity index (χ0) is 20.0. The monoisotopic (exact) mass is 376 g/mol. The highest BCUT2D eigenvalue weighted by Crippen LogP contribution is 2.21. The van der Waals surface area contributed by atoms with Crippen LogP contribution in [0.5, 0.6) is 0 Å². The second-order valence-electron chi connectivity index (χ2n) is 5.81. The zero-order valence-electron chi connectivity index (χ0n) is 14.0. The molecule has 0 aliphatic carbocycles. The summed E-state index contributed by atoms with van der Waals surface area (Å²) in [6, 6.07) is 4.67. The van der Waals surface area contributed by atoms with Crippen LogP contribution >= 0.6 is 0 Å². The van der Waals surface area contributed by atoms with Gasteiger partial charge in [0.15, 0.2) is 0 Å². The van der Waals surface area contributed by atoms with Gasteiger partial charge in [0, 0.05) is 31.2 Å². The highest BCUT2D eigenvalue weighted by Gasteiger charge is 2.43. The van der Waals surface area contributed by atoms with E-state index in [0.29, 0.717) is 5.56 Å². The lowest BCUT2D eigenvalue weighted by atomic mass is 9.84. The number of non-ortho nitro benzene ring substituents is 1. The molecular formula is C16H16N4O7. The highest BCUT2D eigenvalue weighted by atomic mass is 16.6. The number of rotatable bonds is 9. The summed E-state index contributed by atoms with van der Waals surface area (Å²) in [6.07, 6.45) is -0.0948. The Bertz CT molecular complexity index is 815. The van der Waals surface area contributed by atoms with Crippen molar-refractivity contribution in [3.63, 3.8) is 0 Å². The molecule has 0 radical (unpaired) electrons. The highest BCUT2D eigenvalue weighted by molar-refractivity contribution is 6.62. The van der Waals surface area contributed by atoms with Gasteiger partial charge < -0.3 is 20.7 Å². The summed E-state index contributed by atoms with van der Waals surface area (Å²) in [6.45, 7) is -0.503. The lowest BCUT2D eigenvalue weighted by Gasteiger charge is -2.35. The molecule has 0 bridgehead atoms. The Morgan fingerprint density at radius 2 is 2.00 bits per heavy atom. The lowest BCUT2D eigenvalue weighted by Crippen LogP contribution is -2.59. The summed E-state index contributed by atoms with van der Waals surface area (Å²) in [5, 5.41) is 22.0. The number of hydrogen-bond donors (Lipinski definition) is 2. The predicted octanol–water partition coefficient (Wildman–Crippen LogP) is -0.235. The van der Waals surface area contributed by atoms with Crippen LogP contribution in [-0.4, -0.2) is 50.8 Å². The van der Waals surface area contributed by atoms with Crippen molar-refractivity contribution in [3.05, 3.63) is 45.5 Å². The molecule has 1 aromatic rings. The first-order valence-electron chi connectivity index (χ1n) is 7.94. The fraction of sp³-hybridized carbons (Fsp3) is 0.375. The second-order valence-corrected chi connectivity index (χ2v) is 5.81. The number of amides is 1. The molecule has 0 saturated carbocycles. The third-order valence-corrected chi connectivity index (χ3v) is 4.07. The summed E-state index contributed by atoms with van der Waals surface area (Å²) in [5.74, 6) is -2.83. The van der Waals surface area contributed by atoms with E-state index >= 15 is 0 Å². The van der Waals surface area contributed by atoms with Crippen LogP contribution in [0.1, 0.15) is 18.4 Å².